The van der Waals surface area contributed by atoms with E-state index in [0.29, 0.717) is 73.2 Å². The third-order valence-corrected chi connectivity index (χ3v) is 9.66. The average molecular weight is 745 g/mol. The number of alkyl halides is 5. The number of carbonyl (C=O) groups is 2. The Hall–Kier alpha value is -4.14. The Morgan fingerprint density at radius 3 is 2.46 bits per heavy atom. The molecule has 46 heavy (non-hydrogen) atoms. The second-order valence-corrected chi connectivity index (χ2v) is 13.6. The number of aromatic nitrogens is 3. The van der Waals surface area contributed by atoms with Gasteiger partial charge in [0, 0.05) is 32.7 Å². The Morgan fingerprint density at radius 1 is 1.02 bits per heavy atom. The molecular weight excluding hydrogens is 710 g/mol. The van der Waals surface area contributed by atoms with E-state index in [1.807, 2.05) is 35.2 Å². The Labute approximate surface area is 275 Å². The van der Waals surface area contributed by atoms with E-state index >= 15 is 0 Å². The topological polar surface area (TPSA) is 86.6 Å². The number of benzene rings is 2. The van der Waals surface area contributed by atoms with Crippen LogP contribution in [0.1, 0.15) is 23.5 Å². The average Bonchev–Trinajstić information content (AvgIpc) is 3.72. The molecule has 2 fully saturated rings. The number of carbonyl (C=O) groups excluding carboxylic acids is 2. The van der Waals surface area contributed by atoms with Gasteiger partial charge in [0.2, 0.25) is 5.91 Å². The molecule has 2 aliphatic rings. The third kappa shape index (κ3) is 6.42. The monoisotopic (exact) mass is 744 g/mol. The van der Waals surface area contributed by atoms with Crippen LogP contribution in [0.3, 0.4) is 0 Å². The number of imidazole rings is 1. The number of fused-ring (bicyclic) bond motifs is 1. The molecular formula is C33H34F3IN7O2-. The van der Waals surface area contributed by atoms with Crippen LogP contribution < -0.4 is 26.5 Å². The van der Waals surface area contributed by atoms with Gasteiger partial charge in [0.1, 0.15) is 0 Å². The molecule has 1 N–H and O–H groups in total. The Balaban J connectivity index is 1.27. The van der Waals surface area contributed by atoms with Gasteiger partial charge in [-0.1, -0.05) is 6.58 Å². The zero-order chi connectivity index (χ0) is 32.4. The Bertz CT molecular complexity index is 1750. The fourth-order valence-electron chi connectivity index (χ4n) is 6.10. The van der Waals surface area contributed by atoms with Gasteiger partial charge in [-0.3, -0.25) is 4.79 Å². The van der Waals surface area contributed by atoms with Gasteiger partial charge in [0.25, 0.3) is 0 Å². The molecule has 1 atom stereocenters. The zero-order valence-corrected chi connectivity index (χ0v) is 27.5. The maximum atomic E-state index is 13.8. The van der Waals surface area contributed by atoms with Crippen molar-refractivity contribution in [2.75, 3.05) is 54.1 Å². The van der Waals surface area contributed by atoms with E-state index in [9.17, 15) is 22.8 Å². The van der Waals surface area contributed by atoms with Crippen LogP contribution >= 0.6 is 0 Å². The summed E-state index contributed by atoms with van der Waals surface area (Å²) in [5.41, 5.74) is 2.49. The number of halogens is 4. The van der Waals surface area contributed by atoms with Crippen LogP contribution in [0.15, 0.2) is 73.4 Å². The van der Waals surface area contributed by atoms with Crippen LogP contribution in [0.5, 0.6) is 0 Å². The van der Waals surface area contributed by atoms with Crippen LogP contribution in [0.25, 0.3) is 28.1 Å². The van der Waals surface area contributed by atoms with Crippen LogP contribution in [0, 0.1) is 0 Å². The van der Waals surface area contributed by atoms with Gasteiger partial charge in [0.15, 0.2) is 0 Å². The molecule has 2 aliphatic heterocycles. The van der Waals surface area contributed by atoms with E-state index < -0.39 is 11.7 Å². The van der Waals surface area contributed by atoms with Crippen LogP contribution in [-0.4, -0.2) is 89.9 Å². The Morgan fingerprint density at radius 2 is 1.76 bits per heavy atom. The molecule has 0 saturated carbocycles. The first kappa shape index (κ1) is 31.8. The van der Waals surface area contributed by atoms with Crippen molar-refractivity contribution in [2.24, 2.45) is 0 Å². The van der Waals surface area contributed by atoms with Crippen molar-refractivity contribution < 1.29 is 44.0 Å². The number of hydrogen-bond donors (Lipinski definition) is 1. The van der Waals surface area contributed by atoms with Crippen molar-refractivity contribution in [3.63, 3.8) is 0 Å². The summed E-state index contributed by atoms with van der Waals surface area (Å²) in [5, 5.41) is 3.36. The molecule has 0 spiro atoms. The van der Waals surface area contributed by atoms with E-state index in [1.54, 1.807) is 26.6 Å². The molecule has 4 heterocycles. The van der Waals surface area contributed by atoms with E-state index in [4.69, 9.17) is 4.98 Å². The van der Waals surface area contributed by atoms with Gasteiger partial charge >= 0.3 is 201 Å². The van der Waals surface area contributed by atoms with Crippen molar-refractivity contribution in [2.45, 2.75) is 18.5 Å². The number of rotatable bonds is 7. The molecule has 1 unspecified atom stereocenters. The predicted molar refractivity (Wildman–Crippen MR) is 166 cm³/mol. The molecule has 242 valence electrons. The molecule has 0 radical (unpaired) electrons. The quantitative estimate of drug-likeness (QED) is 0.136. The number of amides is 3. The Kier molecular flexibility index (Phi) is 9.20. The van der Waals surface area contributed by atoms with Crippen molar-refractivity contribution in [3.05, 3.63) is 84.6 Å². The molecule has 2 aromatic heterocycles. The number of nitrogens with zero attached hydrogens (tertiary/aromatic N) is 6. The number of anilines is 1. The minimum absolute atomic E-state index is 0.0223. The molecule has 9 nitrogen and oxygen atoms in total. The van der Waals surface area contributed by atoms with E-state index in [0.717, 1.165) is 28.7 Å². The van der Waals surface area contributed by atoms with Crippen molar-refractivity contribution >= 4 is 28.8 Å². The summed E-state index contributed by atoms with van der Waals surface area (Å²) in [6, 6.07) is 15.0. The number of piperazine rings is 1. The fraction of sp³-hybridized carbons (Fsp3) is 0.333. The van der Waals surface area contributed by atoms with Gasteiger partial charge in [-0.05, 0) is 6.08 Å². The summed E-state index contributed by atoms with van der Waals surface area (Å²) in [6.45, 7) is 6.69. The first-order chi connectivity index (χ1) is 22.2. The first-order valence-corrected chi connectivity index (χ1v) is 18.6. The molecule has 6 rings (SSSR count). The number of urea groups is 1. The smallest absolute Gasteiger partial charge is 0.0386 e. The number of likely N-dealkylation sites (tertiary alicyclic amines) is 1. The minimum atomic E-state index is -4.50. The molecule has 0 bridgehead atoms. The summed E-state index contributed by atoms with van der Waals surface area (Å²) >= 11 is -0.0653. The standard InChI is InChI=1S/C33H34F3IN7O2/c1-3-29(45)41-15-17-42(18-16-41)32(46)43-14-12-23(20-43)22-6-9-25(10-7-22)44-28-19-24(33(34,35)36)8-11-27(28)40-31(44)26-5-4-13-38-30(26)39-21-37-2/h3-11,13,19,23H,1,12,14-18,20-21H2,2H3,(H,38,39)/q-1. The molecule has 2 aromatic carbocycles. The van der Waals surface area contributed by atoms with E-state index in [-0.39, 0.29) is 39.1 Å². The SMILES string of the molecule is C=CC(=O)N1CCN(C(=O)N2CCC(c3ccc(-n4c(-c5cccnc5NC[I-]C)nc5ccc(C(F)(F)F)cc54)cc3)C2)CC1. The number of pyridine rings is 1. The van der Waals surface area contributed by atoms with Crippen molar-refractivity contribution in [3.8, 4) is 17.1 Å². The molecule has 3 amide bonds. The zero-order valence-electron chi connectivity index (χ0n) is 25.3. The van der Waals surface area contributed by atoms with E-state index in [1.165, 1.54) is 12.1 Å². The van der Waals surface area contributed by atoms with Gasteiger partial charge in [0.05, 0.1) is 0 Å². The summed E-state index contributed by atoms with van der Waals surface area (Å²) in [6.07, 6.45) is -0.713. The van der Waals surface area contributed by atoms with Gasteiger partial charge in [-0.2, -0.15) is 0 Å². The van der Waals surface area contributed by atoms with Crippen LogP contribution in [0.4, 0.5) is 23.8 Å². The molecule has 0 aliphatic carbocycles. The summed E-state index contributed by atoms with van der Waals surface area (Å²) < 4.78 is 43.9. The summed E-state index contributed by atoms with van der Waals surface area (Å²) in [4.78, 5) is 42.0. The van der Waals surface area contributed by atoms with Gasteiger partial charge in [-0.25, -0.2) is 4.79 Å². The number of hydrogen-bond acceptors (Lipinski definition) is 5. The maximum absolute atomic E-state index is 13.8. The van der Waals surface area contributed by atoms with Crippen molar-refractivity contribution in [1.82, 2.24) is 29.2 Å². The van der Waals surface area contributed by atoms with Crippen LogP contribution in [-0.2, 0) is 11.0 Å². The summed E-state index contributed by atoms with van der Waals surface area (Å²) in [7, 11) is 0. The number of nitrogens with one attached hydrogen (secondary N) is 1. The molecule has 4 aromatic rings. The van der Waals surface area contributed by atoms with Gasteiger partial charge < -0.3 is 14.7 Å². The predicted octanol–water partition coefficient (Wildman–Crippen LogP) is 2.43. The van der Waals surface area contributed by atoms with Gasteiger partial charge in [-0.15, -0.1) is 0 Å². The van der Waals surface area contributed by atoms with Crippen molar-refractivity contribution in [1.29, 1.82) is 0 Å². The van der Waals surface area contributed by atoms with E-state index in [2.05, 4.69) is 21.8 Å². The summed E-state index contributed by atoms with van der Waals surface area (Å²) in [5.74, 6) is 1.14. The molecule has 2 saturated heterocycles. The second kappa shape index (κ2) is 13.3. The van der Waals surface area contributed by atoms with Crippen LogP contribution in [0.2, 0.25) is 0 Å². The second-order valence-electron chi connectivity index (χ2n) is 11.3. The first-order valence-electron chi connectivity index (χ1n) is 15.0. The fourth-order valence-corrected chi connectivity index (χ4v) is 6.84. The minimum Gasteiger partial charge on any atom is 0.0386 e. The molecule has 13 heteroatoms. The third-order valence-electron chi connectivity index (χ3n) is 8.52. The normalized spacial score (nSPS) is 17.1.